The summed E-state index contributed by atoms with van der Waals surface area (Å²) in [7, 11) is 0. The van der Waals surface area contributed by atoms with Crippen LogP contribution in [-0.2, 0) is 27.7 Å². The highest BCUT2D eigenvalue weighted by Crippen LogP contribution is 2.47. The first-order chi connectivity index (χ1) is 22.5. The molecular formula is C34H46F6N4O4. The molecule has 2 aromatic heterocycles. The van der Waals surface area contributed by atoms with Crippen molar-refractivity contribution in [1.29, 1.82) is 0 Å². The Hall–Kier alpha value is -3.68. The predicted molar refractivity (Wildman–Crippen MR) is 171 cm³/mol. The second kappa shape index (κ2) is 17.1. The van der Waals surface area contributed by atoms with E-state index in [4.69, 9.17) is 13.9 Å². The molecule has 2 aliphatic rings. The zero-order valence-electron chi connectivity index (χ0n) is 28.7. The molecule has 2 aromatic rings. The lowest BCUT2D eigenvalue weighted by atomic mass is 9.94. The maximum atomic E-state index is 14.9. The van der Waals surface area contributed by atoms with Gasteiger partial charge in [0.1, 0.15) is 5.60 Å². The van der Waals surface area contributed by atoms with Gasteiger partial charge < -0.3 is 13.9 Å². The van der Waals surface area contributed by atoms with E-state index in [1.807, 2.05) is 33.8 Å². The first-order valence-corrected chi connectivity index (χ1v) is 16.2. The summed E-state index contributed by atoms with van der Waals surface area (Å²) < 4.78 is 104. The number of ether oxygens (including phenoxy) is 2. The summed E-state index contributed by atoms with van der Waals surface area (Å²) in [6.45, 7) is 14.0. The lowest BCUT2D eigenvalue weighted by molar-refractivity contribution is -0.292. The van der Waals surface area contributed by atoms with E-state index in [1.165, 1.54) is 6.08 Å². The number of allylic oxidation sites excluding steroid dienone is 4. The summed E-state index contributed by atoms with van der Waals surface area (Å²) in [6, 6.07) is 0.648. The third-order valence-electron chi connectivity index (χ3n) is 6.94. The smallest absolute Gasteiger partial charge is 0.426 e. The fraction of sp³-hybridized carbons (Fsp3) is 0.588. The SMILES string of the molecule is CC.CC.CC1C/C=C\CCC(OCC2=CCCC=C2)(C(F)(F)F)c2nnc(o2)-c2nc(c(C(F)(F)F)cc2NC(=O)OC(C)(C)C)C1. The Morgan fingerprint density at radius 1 is 1.00 bits per heavy atom. The van der Waals surface area contributed by atoms with Crippen LogP contribution in [0.2, 0.25) is 0 Å². The van der Waals surface area contributed by atoms with E-state index in [0.717, 1.165) is 6.42 Å². The van der Waals surface area contributed by atoms with Crippen LogP contribution in [0.15, 0.2) is 46.4 Å². The van der Waals surface area contributed by atoms with Crippen LogP contribution < -0.4 is 5.32 Å². The lowest BCUT2D eigenvalue weighted by Gasteiger charge is -2.32. The molecule has 0 saturated carbocycles. The Morgan fingerprint density at radius 3 is 2.27 bits per heavy atom. The molecule has 8 nitrogen and oxygen atoms in total. The number of aromatic nitrogens is 3. The van der Waals surface area contributed by atoms with E-state index in [2.05, 4.69) is 20.5 Å². The summed E-state index contributed by atoms with van der Waals surface area (Å²) in [5.74, 6) is -1.94. The van der Waals surface area contributed by atoms with E-state index in [0.29, 0.717) is 18.1 Å². The van der Waals surface area contributed by atoms with Gasteiger partial charge in [-0.2, -0.15) is 26.3 Å². The number of hydrogen-bond donors (Lipinski definition) is 1. The number of halogens is 6. The third kappa shape index (κ3) is 10.7. The molecule has 2 atom stereocenters. The van der Waals surface area contributed by atoms with E-state index >= 15 is 0 Å². The van der Waals surface area contributed by atoms with Gasteiger partial charge in [0.2, 0.25) is 5.60 Å². The average molecular weight is 689 g/mol. The number of nitrogens with one attached hydrogen (secondary N) is 1. The van der Waals surface area contributed by atoms with Crippen molar-refractivity contribution in [2.45, 2.75) is 117 Å². The Balaban J connectivity index is 0.00000193. The number of amides is 1. The molecule has 1 aliphatic carbocycles. The number of alkyl halides is 6. The van der Waals surface area contributed by atoms with E-state index in [-0.39, 0.29) is 25.2 Å². The number of carbonyl (C=O) groups excluding carboxylic acids is 1. The van der Waals surface area contributed by atoms with Crippen LogP contribution in [0.5, 0.6) is 0 Å². The first-order valence-electron chi connectivity index (χ1n) is 16.2. The fourth-order valence-corrected chi connectivity index (χ4v) is 4.82. The normalized spacial score (nSPS) is 20.5. The molecule has 4 rings (SSSR count). The van der Waals surface area contributed by atoms with E-state index < -0.39 is 77.1 Å². The molecule has 14 heteroatoms. The van der Waals surface area contributed by atoms with Crippen molar-refractivity contribution < 1.29 is 45.0 Å². The predicted octanol–water partition coefficient (Wildman–Crippen LogP) is 10.5. The number of pyridine rings is 1. The second-order valence-corrected chi connectivity index (χ2v) is 11.8. The van der Waals surface area contributed by atoms with Crippen LogP contribution in [0.3, 0.4) is 0 Å². The van der Waals surface area contributed by atoms with Gasteiger partial charge in [-0.15, -0.1) is 10.2 Å². The van der Waals surface area contributed by atoms with Crippen LogP contribution in [-0.4, -0.2) is 39.7 Å². The molecular weight excluding hydrogens is 642 g/mol. The lowest BCUT2D eigenvalue weighted by Crippen LogP contribution is -2.45. The number of nitrogens with zero attached hydrogens (tertiary/aromatic N) is 3. The van der Waals surface area contributed by atoms with E-state index in [1.54, 1.807) is 45.9 Å². The van der Waals surface area contributed by atoms with Crippen LogP contribution in [0, 0.1) is 5.92 Å². The summed E-state index contributed by atoms with van der Waals surface area (Å²) in [6.07, 6.45) is -1.72. The van der Waals surface area contributed by atoms with Crippen LogP contribution >= 0.6 is 0 Å². The molecule has 268 valence electrons. The molecule has 0 aromatic carbocycles. The maximum absolute atomic E-state index is 14.9. The molecule has 2 unspecified atom stereocenters. The summed E-state index contributed by atoms with van der Waals surface area (Å²) >= 11 is 0. The van der Waals surface area contributed by atoms with Gasteiger partial charge in [0.25, 0.3) is 11.8 Å². The number of carbonyl (C=O) groups is 1. The first kappa shape index (κ1) is 40.5. The highest BCUT2D eigenvalue weighted by atomic mass is 19.4. The molecule has 3 heterocycles. The molecule has 48 heavy (non-hydrogen) atoms. The topological polar surface area (TPSA) is 99.4 Å². The summed E-state index contributed by atoms with van der Waals surface area (Å²) in [4.78, 5) is 16.8. The van der Waals surface area contributed by atoms with Gasteiger partial charge in [-0.3, -0.25) is 5.32 Å². The largest absolute Gasteiger partial charge is 0.444 e. The van der Waals surface area contributed by atoms with Gasteiger partial charge >= 0.3 is 18.4 Å². The molecule has 0 radical (unpaired) electrons. The minimum absolute atomic E-state index is 0.0956. The Kier molecular flexibility index (Phi) is 14.4. The fourth-order valence-electron chi connectivity index (χ4n) is 4.82. The Morgan fingerprint density at radius 2 is 1.69 bits per heavy atom. The Bertz CT molecular complexity index is 1440. The van der Waals surface area contributed by atoms with Gasteiger partial charge in [-0.25, -0.2) is 9.78 Å². The van der Waals surface area contributed by atoms with E-state index in [9.17, 15) is 31.1 Å². The number of anilines is 1. The zero-order valence-corrected chi connectivity index (χ0v) is 28.7. The number of fused-ring (bicyclic) bond motifs is 5. The van der Waals surface area contributed by atoms with Gasteiger partial charge in [-0.05, 0) is 76.9 Å². The minimum atomic E-state index is -5.02. The molecule has 4 bridgehead atoms. The molecule has 0 saturated heterocycles. The van der Waals surface area contributed by atoms with Crippen LogP contribution in [0.1, 0.15) is 105 Å². The van der Waals surface area contributed by atoms with Gasteiger partial charge in [0.15, 0.2) is 5.69 Å². The highest BCUT2D eigenvalue weighted by molar-refractivity contribution is 5.89. The maximum Gasteiger partial charge on any atom is 0.426 e. The van der Waals surface area contributed by atoms with Crippen molar-refractivity contribution in [2.24, 2.45) is 5.92 Å². The summed E-state index contributed by atoms with van der Waals surface area (Å²) in [5, 5.41) is 9.67. The zero-order chi connectivity index (χ0) is 36.3. The molecule has 1 N–H and O–H groups in total. The van der Waals surface area contributed by atoms with Gasteiger partial charge in [-0.1, -0.05) is 65.0 Å². The molecule has 1 aliphatic heterocycles. The monoisotopic (exact) mass is 688 g/mol. The van der Waals surface area contributed by atoms with Crippen LogP contribution in [0.4, 0.5) is 36.8 Å². The van der Waals surface area contributed by atoms with Crippen molar-refractivity contribution >= 4 is 11.8 Å². The van der Waals surface area contributed by atoms with Gasteiger partial charge in [0.05, 0.1) is 23.6 Å². The van der Waals surface area contributed by atoms with Crippen molar-refractivity contribution in [3.8, 4) is 11.6 Å². The number of rotatable bonds is 4. The Labute approximate surface area is 278 Å². The van der Waals surface area contributed by atoms with Crippen LogP contribution in [0.25, 0.3) is 11.6 Å². The second-order valence-electron chi connectivity index (χ2n) is 11.8. The van der Waals surface area contributed by atoms with Crippen molar-refractivity contribution in [3.05, 3.63) is 59.2 Å². The molecule has 0 spiro atoms. The third-order valence-corrected chi connectivity index (χ3v) is 6.94. The van der Waals surface area contributed by atoms with Gasteiger partial charge in [0, 0.05) is 0 Å². The standard InChI is InChI=1S/C30H34F6N4O4.2C2H6/c1-18-11-7-6-10-14-28(30(34,35)36,42-17-19-12-8-5-9-13-19)25-40-39-24(43-25)23-22(38-26(41)44-27(2,3)4)16-20(29(31,32)33)21(15-18)37-23;2*1-2/h6-8,12-13,16,18H,5,9-11,14-15,17H2,1-4H3,(H,38,41);2*1-2H3/b7-6-;;. The highest BCUT2D eigenvalue weighted by Gasteiger charge is 2.61. The molecule has 0 fully saturated rings. The minimum Gasteiger partial charge on any atom is -0.444 e. The summed E-state index contributed by atoms with van der Waals surface area (Å²) in [5.41, 5.74) is -6.00. The van der Waals surface area contributed by atoms with Crippen molar-refractivity contribution in [2.75, 3.05) is 11.9 Å². The van der Waals surface area contributed by atoms with Crippen molar-refractivity contribution in [3.63, 3.8) is 0 Å². The average Bonchev–Trinajstić information content (AvgIpc) is 3.49. The number of hydrogen-bond acceptors (Lipinski definition) is 7. The molecule has 1 amide bonds. The van der Waals surface area contributed by atoms with Crippen molar-refractivity contribution in [1.82, 2.24) is 15.2 Å². The quantitative estimate of drug-likeness (QED) is 0.252.